The van der Waals surface area contributed by atoms with E-state index >= 15 is 0 Å². The van der Waals surface area contributed by atoms with E-state index in [0.29, 0.717) is 30.9 Å². The molecular weight excluding hydrogens is 439 g/mol. The smallest absolute Gasteiger partial charge is 0.191 e. The van der Waals surface area contributed by atoms with Crippen LogP contribution in [-0.2, 0) is 16.3 Å². The lowest BCUT2D eigenvalue weighted by atomic mass is 10.1. The summed E-state index contributed by atoms with van der Waals surface area (Å²) in [6, 6.07) is 3.25. The minimum atomic E-state index is -2.95. The molecule has 0 radical (unpaired) electrons. The average molecular weight is 459 g/mol. The summed E-state index contributed by atoms with van der Waals surface area (Å²) >= 11 is 0. The van der Waals surface area contributed by atoms with E-state index in [-0.39, 0.29) is 41.5 Å². The molecule has 2 N–H and O–H groups in total. The molecule has 9 heteroatoms. The molecule has 1 unspecified atom stereocenters. The predicted octanol–water partition coefficient (Wildman–Crippen LogP) is 1.48. The van der Waals surface area contributed by atoms with E-state index in [2.05, 4.69) is 15.6 Å². The number of halogens is 3. The maximum atomic E-state index is 13.1. The van der Waals surface area contributed by atoms with Crippen LogP contribution in [0.2, 0.25) is 0 Å². The van der Waals surface area contributed by atoms with Gasteiger partial charge >= 0.3 is 0 Å². The van der Waals surface area contributed by atoms with Gasteiger partial charge in [-0.3, -0.25) is 4.99 Å². The lowest BCUT2D eigenvalue weighted by molar-refractivity contribution is 0.579. The van der Waals surface area contributed by atoms with Gasteiger partial charge in [-0.05, 0) is 30.5 Å². The molecule has 1 heterocycles. The summed E-state index contributed by atoms with van der Waals surface area (Å²) in [5.74, 6) is -0.436. The summed E-state index contributed by atoms with van der Waals surface area (Å²) in [5.41, 5.74) is 0.545. The summed E-state index contributed by atoms with van der Waals surface area (Å²) in [5, 5.41) is 6.05. The Kier molecular flexibility index (Phi) is 7.65. The van der Waals surface area contributed by atoms with Crippen LogP contribution in [0.25, 0.3) is 0 Å². The minimum Gasteiger partial charge on any atom is -0.356 e. The van der Waals surface area contributed by atoms with Crippen molar-refractivity contribution in [3.63, 3.8) is 0 Å². The lowest BCUT2D eigenvalue weighted by Gasteiger charge is -2.16. The third kappa shape index (κ3) is 6.58. The van der Waals surface area contributed by atoms with Crippen molar-refractivity contribution < 1.29 is 17.2 Å². The fourth-order valence-corrected chi connectivity index (χ4v) is 4.05. The van der Waals surface area contributed by atoms with Gasteiger partial charge in [0.15, 0.2) is 15.8 Å². The van der Waals surface area contributed by atoms with E-state index in [1.54, 1.807) is 7.05 Å². The van der Waals surface area contributed by atoms with E-state index in [1.807, 2.05) is 0 Å². The maximum Gasteiger partial charge on any atom is 0.191 e. The molecule has 5 nitrogen and oxygen atoms in total. The summed E-state index contributed by atoms with van der Waals surface area (Å²) in [6.45, 7) is 0.433. The van der Waals surface area contributed by atoms with Crippen LogP contribution < -0.4 is 10.6 Å². The fourth-order valence-electron chi connectivity index (χ4n) is 2.38. The Morgan fingerprint density at radius 3 is 2.48 bits per heavy atom. The average Bonchev–Trinajstić information content (AvgIpc) is 2.75. The molecule has 1 atom stereocenters. The molecule has 0 bridgehead atoms. The van der Waals surface area contributed by atoms with Gasteiger partial charge in [-0.15, -0.1) is 24.0 Å². The number of guanidine groups is 1. The van der Waals surface area contributed by atoms with Crippen molar-refractivity contribution in [2.45, 2.75) is 18.9 Å². The molecule has 0 saturated carbocycles. The van der Waals surface area contributed by atoms with Gasteiger partial charge in [-0.2, -0.15) is 0 Å². The molecule has 0 amide bonds. The molecule has 130 valence electrons. The quantitative estimate of drug-likeness (QED) is 0.407. The van der Waals surface area contributed by atoms with Crippen LogP contribution in [0, 0.1) is 11.6 Å². The van der Waals surface area contributed by atoms with Crippen molar-refractivity contribution >= 4 is 39.8 Å². The van der Waals surface area contributed by atoms with Gasteiger partial charge in [0, 0.05) is 25.7 Å². The van der Waals surface area contributed by atoms with Crippen molar-refractivity contribution in [3.05, 3.63) is 35.4 Å². The molecule has 2 rings (SSSR count). The number of nitrogens with one attached hydrogen (secondary N) is 2. The summed E-state index contributed by atoms with van der Waals surface area (Å²) < 4.78 is 48.9. The highest BCUT2D eigenvalue weighted by Gasteiger charge is 2.28. The second-order valence-electron chi connectivity index (χ2n) is 5.27. The third-order valence-corrected chi connectivity index (χ3v) is 5.19. The summed E-state index contributed by atoms with van der Waals surface area (Å²) in [7, 11) is -1.37. The first-order valence-corrected chi connectivity index (χ1v) is 8.83. The predicted molar refractivity (Wildman–Crippen MR) is 97.0 cm³/mol. The van der Waals surface area contributed by atoms with Crippen molar-refractivity contribution in [1.82, 2.24) is 10.6 Å². The van der Waals surface area contributed by atoms with Crippen LogP contribution in [0.3, 0.4) is 0 Å². The first kappa shape index (κ1) is 20.1. The highest BCUT2D eigenvalue weighted by Crippen LogP contribution is 2.11. The Labute approximate surface area is 151 Å². The van der Waals surface area contributed by atoms with Crippen molar-refractivity contribution in [1.29, 1.82) is 0 Å². The molecule has 0 spiro atoms. The Morgan fingerprint density at radius 1 is 1.30 bits per heavy atom. The lowest BCUT2D eigenvalue weighted by Crippen LogP contribution is -2.44. The highest BCUT2D eigenvalue weighted by molar-refractivity contribution is 14.0. The largest absolute Gasteiger partial charge is 0.356 e. The molecule has 0 aliphatic carbocycles. The second kappa shape index (κ2) is 8.76. The van der Waals surface area contributed by atoms with E-state index in [9.17, 15) is 17.2 Å². The number of aliphatic imine (C=N–C) groups is 1. The van der Waals surface area contributed by atoms with Gasteiger partial charge in [0.05, 0.1) is 11.5 Å². The van der Waals surface area contributed by atoms with Crippen LogP contribution in [0.4, 0.5) is 8.78 Å². The number of sulfone groups is 1. The number of benzene rings is 1. The van der Waals surface area contributed by atoms with E-state index in [1.165, 1.54) is 12.1 Å². The zero-order valence-electron chi connectivity index (χ0n) is 12.7. The Balaban J connectivity index is 0.00000264. The van der Waals surface area contributed by atoms with Gasteiger partial charge in [-0.25, -0.2) is 17.2 Å². The van der Waals surface area contributed by atoms with E-state index < -0.39 is 21.5 Å². The standard InChI is InChI=1S/C14H19F2N3O2S.HI/c1-17-14(19-13-3-5-22(20,21)9-13)18-4-2-10-6-11(15)8-12(16)7-10;/h6-8,13H,2-5,9H2,1H3,(H2,17,18,19);1H. The van der Waals surface area contributed by atoms with Gasteiger partial charge in [-0.1, -0.05) is 0 Å². The number of rotatable bonds is 4. The number of hydrogen-bond donors (Lipinski definition) is 2. The SMILES string of the molecule is CN=C(NCCc1cc(F)cc(F)c1)NC1CCS(=O)(=O)C1.I. The molecular formula is C14H20F2IN3O2S. The van der Waals surface area contributed by atoms with Crippen molar-refractivity contribution in [3.8, 4) is 0 Å². The molecule has 1 aliphatic heterocycles. The molecule has 1 aliphatic rings. The van der Waals surface area contributed by atoms with Crippen LogP contribution in [-0.4, -0.2) is 45.5 Å². The second-order valence-corrected chi connectivity index (χ2v) is 7.50. The van der Waals surface area contributed by atoms with Crippen LogP contribution in [0.15, 0.2) is 23.2 Å². The van der Waals surface area contributed by atoms with E-state index in [0.717, 1.165) is 6.07 Å². The Morgan fingerprint density at radius 2 is 1.96 bits per heavy atom. The van der Waals surface area contributed by atoms with Crippen molar-refractivity contribution in [2.24, 2.45) is 4.99 Å². The van der Waals surface area contributed by atoms with Gasteiger partial charge in [0.2, 0.25) is 0 Å². The van der Waals surface area contributed by atoms with Crippen LogP contribution in [0.5, 0.6) is 0 Å². The third-order valence-electron chi connectivity index (χ3n) is 3.43. The molecule has 1 fully saturated rings. The number of hydrogen-bond acceptors (Lipinski definition) is 3. The molecule has 0 aromatic heterocycles. The molecule has 1 aromatic rings. The van der Waals surface area contributed by atoms with Gasteiger partial charge in [0.25, 0.3) is 0 Å². The normalized spacial score (nSPS) is 20.0. The molecule has 23 heavy (non-hydrogen) atoms. The highest BCUT2D eigenvalue weighted by atomic mass is 127. The number of nitrogens with zero attached hydrogens (tertiary/aromatic N) is 1. The monoisotopic (exact) mass is 459 g/mol. The van der Waals surface area contributed by atoms with Crippen LogP contribution >= 0.6 is 24.0 Å². The zero-order valence-corrected chi connectivity index (χ0v) is 15.8. The van der Waals surface area contributed by atoms with Crippen LogP contribution in [0.1, 0.15) is 12.0 Å². The summed E-state index contributed by atoms with van der Waals surface area (Å²) in [4.78, 5) is 4.02. The topological polar surface area (TPSA) is 70.6 Å². The fraction of sp³-hybridized carbons (Fsp3) is 0.500. The van der Waals surface area contributed by atoms with Gasteiger partial charge in [0.1, 0.15) is 11.6 Å². The van der Waals surface area contributed by atoms with Gasteiger partial charge < -0.3 is 10.6 Å². The zero-order chi connectivity index (χ0) is 16.2. The molecule has 1 aromatic carbocycles. The Hall–Kier alpha value is -0.970. The first-order chi connectivity index (χ1) is 10.4. The summed E-state index contributed by atoms with van der Waals surface area (Å²) in [6.07, 6.45) is 0.983. The van der Waals surface area contributed by atoms with E-state index in [4.69, 9.17) is 0 Å². The first-order valence-electron chi connectivity index (χ1n) is 7.00. The molecule has 1 saturated heterocycles. The maximum absolute atomic E-state index is 13.1. The Bertz CT molecular complexity index is 648. The van der Waals surface area contributed by atoms with Crippen molar-refractivity contribution in [2.75, 3.05) is 25.1 Å². The minimum absolute atomic E-state index is 0.